The molecule has 0 spiro atoms. The molecule has 5 nitrogen and oxygen atoms in total. The molecule has 0 radical (unpaired) electrons. The molecule has 6 heteroatoms. The first-order valence-electron chi connectivity index (χ1n) is 7.45. The van der Waals surface area contributed by atoms with Crippen molar-refractivity contribution in [3.05, 3.63) is 23.4 Å². The van der Waals surface area contributed by atoms with Gasteiger partial charge in [0.05, 0.1) is 5.75 Å². The summed E-state index contributed by atoms with van der Waals surface area (Å²) in [5, 5.41) is 3.38. The molecule has 0 amide bonds. The highest BCUT2D eigenvalue weighted by molar-refractivity contribution is 7.90. The summed E-state index contributed by atoms with van der Waals surface area (Å²) < 4.78 is 22.5. The molecule has 0 unspecified atom stereocenters. The lowest BCUT2D eigenvalue weighted by atomic mass is 10.2. The molecule has 0 bridgehead atoms. The fraction of sp³-hybridized carbons (Fsp3) is 0.667. The maximum atomic E-state index is 11.3. The number of nitrogens with zero attached hydrogens (tertiary/aromatic N) is 2. The average molecular weight is 313 g/mol. The minimum atomic E-state index is -2.95. The van der Waals surface area contributed by atoms with Crippen LogP contribution in [0.1, 0.15) is 31.5 Å². The maximum Gasteiger partial charge on any atom is 0.149 e. The fourth-order valence-electron chi connectivity index (χ4n) is 1.94. The Morgan fingerprint density at radius 2 is 2.00 bits per heavy atom. The molecule has 0 aliphatic carbocycles. The van der Waals surface area contributed by atoms with Gasteiger partial charge in [-0.1, -0.05) is 13.8 Å². The van der Waals surface area contributed by atoms with E-state index in [2.05, 4.69) is 30.2 Å². The molecule has 0 aliphatic rings. The number of aromatic nitrogens is 1. The average Bonchev–Trinajstić information content (AvgIpc) is 2.44. The lowest BCUT2D eigenvalue weighted by Crippen LogP contribution is -2.26. The first-order chi connectivity index (χ1) is 9.85. The number of anilines is 1. The zero-order chi connectivity index (χ0) is 15.9. The number of rotatable bonds is 9. The van der Waals surface area contributed by atoms with E-state index in [1.54, 1.807) is 0 Å². The van der Waals surface area contributed by atoms with Crippen LogP contribution in [0.4, 0.5) is 5.82 Å². The second-order valence-corrected chi connectivity index (χ2v) is 7.67. The van der Waals surface area contributed by atoms with Crippen LogP contribution in [0.2, 0.25) is 0 Å². The number of nitrogens with one attached hydrogen (secondary N) is 1. The molecule has 0 saturated heterocycles. The largest absolute Gasteiger partial charge is 0.359 e. The Balaban J connectivity index is 2.81. The lowest BCUT2D eigenvalue weighted by molar-refractivity contribution is 0.601. The predicted octanol–water partition coefficient (Wildman–Crippen LogP) is 1.62. The predicted molar refractivity (Wildman–Crippen MR) is 88.6 cm³/mol. The van der Waals surface area contributed by atoms with Crippen molar-refractivity contribution in [2.24, 2.45) is 0 Å². The van der Waals surface area contributed by atoms with Gasteiger partial charge in [-0.25, -0.2) is 13.4 Å². The lowest BCUT2D eigenvalue weighted by Gasteiger charge is -2.19. The number of hydrogen-bond donors (Lipinski definition) is 1. The summed E-state index contributed by atoms with van der Waals surface area (Å²) in [7, 11) is -1.07. The van der Waals surface area contributed by atoms with Crippen LogP contribution >= 0.6 is 0 Å². The Kier molecular flexibility index (Phi) is 7.11. The number of hydrogen-bond acceptors (Lipinski definition) is 5. The summed E-state index contributed by atoms with van der Waals surface area (Å²) >= 11 is 0. The van der Waals surface area contributed by atoms with Crippen LogP contribution in [0.25, 0.3) is 0 Å². The van der Waals surface area contributed by atoms with Crippen molar-refractivity contribution < 1.29 is 8.42 Å². The van der Waals surface area contributed by atoms with Crippen LogP contribution in [-0.2, 0) is 22.8 Å². The third-order valence-corrected chi connectivity index (χ3v) is 4.16. The molecule has 1 N–H and O–H groups in total. The van der Waals surface area contributed by atoms with Crippen LogP contribution in [0.5, 0.6) is 0 Å². The molecule has 0 atom stereocenters. The highest BCUT2D eigenvalue weighted by atomic mass is 32.2. The Bertz CT molecular complexity index is 544. The maximum absolute atomic E-state index is 11.3. The van der Waals surface area contributed by atoms with E-state index in [0.29, 0.717) is 6.54 Å². The minimum absolute atomic E-state index is 0.144. The molecule has 1 heterocycles. The summed E-state index contributed by atoms with van der Waals surface area (Å²) in [6.07, 6.45) is 3.23. The van der Waals surface area contributed by atoms with E-state index in [1.165, 1.54) is 11.8 Å². The Morgan fingerprint density at radius 3 is 2.57 bits per heavy atom. The summed E-state index contributed by atoms with van der Waals surface area (Å²) in [6.45, 7) is 6.48. The minimum Gasteiger partial charge on any atom is -0.359 e. The van der Waals surface area contributed by atoms with Crippen LogP contribution in [0.15, 0.2) is 12.1 Å². The SMILES string of the molecule is CCCNCc1cc(CC)nc(N(C)CCS(C)(=O)=O)c1. The molecule has 0 fully saturated rings. The summed E-state index contributed by atoms with van der Waals surface area (Å²) in [6, 6.07) is 4.14. The molecule has 120 valence electrons. The van der Waals surface area contributed by atoms with E-state index >= 15 is 0 Å². The van der Waals surface area contributed by atoms with E-state index < -0.39 is 9.84 Å². The molecular formula is C15H27N3O2S. The van der Waals surface area contributed by atoms with Gasteiger partial charge in [0.25, 0.3) is 0 Å². The van der Waals surface area contributed by atoms with Gasteiger partial charge >= 0.3 is 0 Å². The molecule has 1 aromatic heterocycles. The number of pyridine rings is 1. The molecule has 0 aromatic carbocycles. The summed E-state index contributed by atoms with van der Waals surface area (Å²) in [4.78, 5) is 6.49. The molecular weight excluding hydrogens is 286 g/mol. The zero-order valence-electron chi connectivity index (χ0n) is 13.5. The van der Waals surface area contributed by atoms with Crippen LogP contribution in [0, 0.1) is 0 Å². The smallest absolute Gasteiger partial charge is 0.149 e. The topological polar surface area (TPSA) is 62.3 Å². The van der Waals surface area contributed by atoms with Gasteiger partial charge < -0.3 is 10.2 Å². The normalized spacial score (nSPS) is 11.6. The molecule has 0 saturated carbocycles. The van der Waals surface area contributed by atoms with Crippen molar-refractivity contribution in [2.45, 2.75) is 33.2 Å². The summed E-state index contributed by atoms with van der Waals surface area (Å²) in [5.41, 5.74) is 2.23. The van der Waals surface area contributed by atoms with Crippen LogP contribution < -0.4 is 10.2 Å². The van der Waals surface area contributed by atoms with Crippen molar-refractivity contribution in [3.63, 3.8) is 0 Å². The van der Waals surface area contributed by atoms with Gasteiger partial charge in [0.15, 0.2) is 0 Å². The van der Waals surface area contributed by atoms with E-state index in [9.17, 15) is 8.42 Å². The van der Waals surface area contributed by atoms with Crippen molar-refractivity contribution >= 4 is 15.7 Å². The van der Waals surface area contributed by atoms with Crippen molar-refractivity contribution in [1.82, 2.24) is 10.3 Å². The third-order valence-electron chi connectivity index (χ3n) is 3.23. The first-order valence-corrected chi connectivity index (χ1v) is 9.51. The fourth-order valence-corrected chi connectivity index (χ4v) is 2.54. The monoisotopic (exact) mass is 313 g/mol. The Morgan fingerprint density at radius 1 is 1.29 bits per heavy atom. The van der Waals surface area contributed by atoms with Gasteiger partial charge in [-0.3, -0.25) is 0 Å². The van der Waals surface area contributed by atoms with Crippen molar-refractivity contribution in [2.75, 3.05) is 37.0 Å². The van der Waals surface area contributed by atoms with Gasteiger partial charge in [0.1, 0.15) is 15.7 Å². The number of sulfone groups is 1. The molecule has 1 aromatic rings. The van der Waals surface area contributed by atoms with E-state index in [-0.39, 0.29) is 5.75 Å². The zero-order valence-corrected chi connectivity index (χ0v) is 14.3. The van der Waals surface area contributed by atoms with E-state index in [4.69, 9.17) is 0 Å². The van der Waals surface area contributed by atoms with Crippen molar-refractivity contribution in [1.29, 1.82) is 0 Å². The van der Waals surface area contributed by atoms with Crippen LogP contribution in [0.3, 0.4) is 0 Å². The summed E-state index contributed by atoms with van der Waals surface area (Å²) in [5.74, 6) is 0.983. The Hall–Kier alpha value is -1.14. The second kappa shape index (κ2) is 8.34. The van der Waals surface area contributed by atoms with Crippen LogP contribution in [-0.4, -0.2) is 45.5 Å². The van der Waals surface area contributed by atoms with Crippen molar-refractivity contribution in [3.8, 4) is 0 Å². The third kappa shape index (κ3) is 6.91. The standard InChI is InChI=1S/C15H27N3O2S/c1-5-7-16-12-13-10-14(6-2)17-15(11-13)18(3)8-9-21(4,19)20/h10-11,16H,5-9,12H2,1-4H3. The molecule has 21 heavy (non-hydrogen) atoms. The number of aryl methyl sites for hydroxylation is 1. The molecule has 1 rings (SSSR count). The molecule has 0 aliphatic heterocycles. The van der Waals surface area contributed by atoms with Gasteiger partial charge in [0, 0.05) is 32.1 Å². The second-order valence-electron chi connectivity index (χ2n) is 5.41. The van der Waals surface area contributed by atoms with Gasteiger partial charge in [-0.15, -0.1) is 0 Å². The highest BCUT2D eigenvalue weighted by Gasteiger charge is 2.09. The highest BCUT2D eigenvalue weighted by Crippen LogP contribution is 2.15. The van der Waals surface area contributed by atoms with E-state index in [1.807, 2.05) is 18.0 Å². The quantitative estimate of drug-likeness (QED) is 0.702. The van der Waals surface area contributed by atoms with Gasteiger partial charge in [-0.05, 0) is 37.1 Å². The van der Waals surface area contributed by atoms with Gasteiger partial charge in [0.2, 0.25) is 0 Å². The van der Waals surface area contributed by atoms with E-state index in [0.717, 1.165) is 37.4 Å². The Labute approximate surface area is 128 Å². The van der Waals surface area contributed by atoms with Gasteiger partial charge in [-0.2, -0.15) is 0 Å². The first kappa shape index (κ1) is 17.9.